The van der Waals surface area contributed by atoms with Crippen LogP contribution in [0.1, 0.15) is 146 Å². The highest BCUT2D eigenvalue weighted by atomic mass is 16.4. The van der Waals surface area contributed by atoms with Crippen LogP contribution in [0.2, 0.25) is 0 Å². The fraction of sp³-hybridized carbons (Fsp3) is 0.639. The van der Waals surface area contributed by atoms with Crippen molar-refractivity contribution in [1.82, 2.24) is 0 Å². The Morgan fingerprint density at radius 1 is 0.683 bits per heavy atom. The number of carboxylic acid groups (broad SMARTS) is 1. The molecule has 5 heteroatoms. The second-order valence-electron chi connectivity index (χ2n) is 11.4. The van der Waals surface area contributed by atoms with Crippen molar-refractivity contribution in [3.05, 3.63) is 60.4 Å². The van der Waals surface area contributed by atoms with Gasteiger partial charge in [-0.15, -0.1) is 0 Å². The molecule has 1 atom stereocenters. The molecule has 0 fully saturated rings. The standard InChI is InChI=1S/C29H52NO.C7H6O3/c1-3-5-7-9-10-11-12-14-16-22-28(29(31)24-17-13-8-6-4-2)23-18-21-27-30-25-19-15-20-26-30;8-6-4-2-1-3-5(6)7(9)10/h15,19-20,25-26,28H,3-14,16-18,21-24,27H2,1-2H3;1-4,8H,(H,9,10)/q+1;/p-1. The smallest absolute Gasteiger partial charge is 0.335 e. The van der Waals surface area contributed by atoms with Crippen LogP contribution in [0.25, 0.3) is 0 Å². The van der Waals surface area contributed by atoms with E-state index in [1.165, 1.54) is 121 Å². The Morgan fingerprint density at radius 2 is 1.20 bits per heavy atom. The Kier molecular flexibility index (Phi) is 22.2. The molecule has 2 rings (SSSR count). The van der Waals surface area contributed by atoms with E-state index in [0.717, 1.165) is 32.2 Å². The first-order valence-corrected chi connectivity index (χ1v) is 16.5. The van der Waals surface area contributed by atoms with Crippen LogP contribution in [-0.4, -0.2) is 16.9 Å². The number of carboxylic acids is 1. The maximum Gasteiger partial charge on any atom is 0.335 e. The molecule has 1 unspecified atom stereocenters. The Hall–Kier alpha value is -2.69. The van der Waals surface area contributed by atoms with Gasteiger partial charge in [0, 0.05) is 30.9 Å². The van der Waals surface area contributed by atoms with Crippen molar-refractivity contribution in [2.24, 2.45) is 5.92 Å². The van der Waals surface area contributed by atoms with E-state index in [-0.39, 0.29) is 5.56 Å². The second-order valence-corrected chi connectivity index (χ2v) is 11.4. The Balaban J connectivity index is 0.000000702. The summed E-state index contributed by atoms with van der Waals surface area (Å²) >= 11 is 0. The molecule has 0 saturated heterocycles. The van der Waals surface area contributed by atoms with Gasteiger partial charge in [-0.2, -0.15) is 0 Å². The van der Waals surface area contributed by atoms with E-state index >= 15 is 0 Å². The highest BCUT2D eigenvalue weighted by Crippen LogP contribution is 2.22. The van der Waals surface area contributed by atoms with Crippen molar-refractivity contribution in [1.29, 1.82) is 0 Å². The number of aryl methyl sites for hydroxylation is 1. The number of Topliss-reactive ketones (excluding diaryl/α,β-unsaturated/α-hetero) is 1. The number of hydrogen-bond donors (Lipinski definition) is 1. The first kappa shape index (κ1) is 36.3. The summed E-state index contributed by atoms with van der Waals surface area (Å²) in [5.41, 5.74) is -0.178. The van der Waals surface area contributed by atoms with Crippen LogP contribution < -0.4 is 9.67 Å². The number of ketones is 1. The molecule has 41 heavy (non-hydrogen) atoms. The van der Waals surface area contributed by atoms with E-state index in [0.29, 0.717) is 11.7 Å². The lowest BCUT2D eigenvalue weighted by atomic mass is 9.88. The highest BCUT2D eigenvalue weighted by Gasteiger charge is 2.17. The summed E-state index contributed by atoms with van der Waals surface area (Å²) in [7, 11) is 0. The number of rotatable bonds is 23. The number of para-hydroxylation sites is 1. The predicted octanol–water partition coefficient (Wildman–Crippen LogP) is 9.07. The summed E-state index contributed by atoms with van der Waals surface area (Å²) in [6, 6.07) is 11.8. The molecule has 0 saturated carbocycles. The average molecular weight is 568 g/mol. The lowest BCUT2D eigenvalue weighted by Gasteiger charge is -2.16. The molecule has 0 spiro atoms. The van der Waals surface area contributed by atoms with Crippen molar-refractivity contribution < 1.29 is 24.4 Å². The number of benzene rings is 1. The van der Waals surface area contributed by atoms with Gasteiger partial charge in [0.05, 0.1) is 5.56 Å². The molecular formula is C36H57NO4. The van der Waals surface area contributed by atoms with Crippen molar-refractivity contribution in [3.8, 4) is 5.75 Å². The molecular weight excluding hydrogens is 510 g/mol. The van der Waals surface area contributed by atoms with E-state index in [1.807, 2.05) is 0 Å². The normalized spacial score (nSPS) is 11.5. The molecule has 0 amide bonds. The molecule has 0 aliphatic rings. The summed E-state index contributed by atoms with van der Waals surface area (Å²) < 4.78 is 2.26. The molecule has 0 bridgehead atoms. The van der Waals surface area contributed by atoms with Crippen LogP contribution in [0.3, 0.4) is 0 Å². The van der Waals surface area contributed by atoms with Gasteiger partial charge in [0.1, 0.15) is 12.3 Å². The monoisotopic (exact) mass is 567 g/mol. The van der Waals surface area contributed by atoms with E-state index < -0.39 is 11.7 Å². The van der Waals surface area contributed by atoms with Crippen molar-refractivity contribution in [2.45, 2.75) is 142 Å². The zero-order valence-corrected chi connectivity index (χ0v) is 26.0. The van der Waals surface area contributed by atoms with Gasteiger partial charge >= 0.3 is 5.97 Å². The summed E-state index contributed by atoms with van der Waals surface area (Å²) in [4.78, 5) is 23.1. The number of aromatic nitrogens is 1. The topological polar surface area (TPSA) is 81.3 Å². The third-order valence-corrected chi connectivity index (χ3v) is 7.75. The Morgan fingerprint density at radius 3 is 1.73 bits per heavy atom. The molecule has 5 nitrogen and oxygen atoms in total. The maximum absolute atomic E-state index is 12.9. The molecule has 0 aliphatic heterocycles. The number of carbonyl (C=O) groups excluding carboxylic acids is 1. The lowest BCUT2D eigenvalue weighted by molar-refractivity contribution is -0.697. The molecule has 1 aromatic heterocycles. The summed E-state index contributed by atoms with van der Waals surface area (Å²) in [6.07, 6.45) is 28.1. The highest BCUT2D eigenvalue weighted by molar-refractivity contribution is 5.90. The van der Waals surface area contributed by atoms with E-state index in [1.54, 1.807) is 0 Å². The predicted molar refractivity (Wildman–Crippen MR) is 167 cm³/mol. The van der Waals surface area contributed by atoms with Gasteiger partial charge in [0.2, 0.25) is 0 Å². The number of aromatic carboxylic acids is 1. The minimum absolute atomic E-state index is 0.178. The molecule has 2 aromatic rings. The third-order valence-electron chi connectivity index (χ3n) is 7.75. The second kappa shape index (κ2) is 25.1. The van der Waals surface area contributed by atoms with Gasteiger partial charge < -0.3 is 10.2 Å². The number of unbranched alkanes of at least 4 members (excludes halogenated alkanes) is 13. The SMILES string of the molecule is CCCCCCCCCCCC(CCCC[n+]1ccccc1)C(=O)CCCCCCC.O=C(O)c1ccccc1[O-]. The quantitative estimate of drug-likeness (QED) is 0.107. The fourth-order valence-corrected chi connectivity index (χ4v) is 5.19. The summed E-state index contributed by atoms with van der Waals surface area (Å²) in [5, 5.41) is 19.0. The maximum atomic E-state index is 12.9. The van der Waals surface area contributed by atoms with E-state index in [9.17, 15) is 14.7 Å². The van der Waals surface area contributed by atoms with Gasteiger partial charge in [-0.05, 0) is 31.7 Å². The molecule has 1 N–H and O–H groups in total. The van der Waals surface area contributed by atoms with Crippen molar-refractivity contribution >= 4 is 11.8 Å². The zero-order valence-electron chi connectivity index (χ0n) is 26.0. The van der Waals surface area contributed by atoms with Gasteiger partial charge in [-0.3, -0.25) is 4.79 Å². The van der Waals surface area contributed by atoms with Gasteiger partial charge in [-0.25, -0.2) is 9.36 Å². The van der Waals surface area contributed by atoms with Crippen LogP contribution in [0, 0.1) is 5.92 Å². The fourth-order valence-electron chi connectivity index (χ4n) is 5.19. The Labute approximate surface area is 250 Å². The lowest BCUT2D eigenvalue weighted by Crippen LogP contribution is -2.32. The van der Waals surface area contributed by atoms with Crippen LogP contribution in [-0.2, 0) is 11.3 Å². The number of carbonyl (C=O) groups is 2. The van der Waals surface area contributed by atoms with Crippen LogP contribution in [0.4, 0.5) is 0 Å². The van der Waals surface area contributed by atoms with Crippen LogP contribution in [0.15, 0.2) is 54.9 Å². The molecule has 1 aromatic carbocycles. The van der Waals surface area contributed by atoms with Crippen LogP contribution in [0.5, 0.6) is 5.75 Å². The first-order valence-electron chi connectivity index (χ1n) is 16.5. The molecule has 1 heterocycles. The summed E-state index contributed by atoms with van der Waals surface area (Å²) in [6.45, 7) is 5.60. The minimum atomic E-state index is -1.18. The van der Waals surface area contributed by atoms with Gasteiger partial charge in [0.15, 0.2) is 12.4 Å². The first-order chi connectivity index (χ1) is 20.0. The van der Waals surface area contributed by atoms with Crippen molar-refractivity contribution in [3.63, 3.8) is 0 Å². The molecule has 0 radical (unpaired) electrons. The zero-order chi connectivity index (χ0) is 30.0. The summed E-state index contributed by atoms with van der Waals surface area (Å²) in [5.74, 6) is -0.750. The third kappa shape index (κ3) is 19.1. The Bertz CT molecular complexity index is 915. The van der Waals surface area contributed by atoms with Crippen molar-refractivity contribution in [2.75, 3.05) is 0 Å². The molecule has 0 aliphatic carbocycles. The number of hydrogen-bond acceptors (Lipinski definition) is 3. The van der Waals surface area contributed by atoms with Crippen LogP contribution >= 0.6 is 0 Å². The average Bonchev–Trinajstić information content (AvgIpc) is 2.98. The minimum Gasteiger partial charge on any atom is -0.872 e. The molecule has 230 valence electrons. The van der Waals surface area contributed by atoms with E-state index in [4.69, 9.17) is 5.11 Å². The largest absolute Gasteiger partial charge is 0.872 e. The van der Waals surface area contributed by atoms with Gasteiger partial charge in [-0.1, -0.05) is 127 Å². The number of nitrogens with zero attached hydrogens (tertiary/aromatic N) is 1. The number of pyridine rings is 1. The van der Waals surface area contributed by atoms with Gasteiger partial charge in [0.25, 0.3) is 0 Å². The van der Waals surface area contributed by atoms with E-state index in [2.05, 4.69) is 49.0 Å².